The highest BCUT2D eigenvalue weighted by atomic mass is 35.5. The summed E-state index contributed by atoms with van der Waals surface area (Å²) in [5.41, 5.74) is 2.22. The zero-order valence-corrected chi connectivity index (χ0v) is 28.0. The summed E-state index contributed by atoms with van der Waals surface area (Å²) >= 11 is 8.27. The van der Waals surface area contributed by atoms with E-state index in [2.05, 4.69) is 20.1 Å². The van der Waals surface area contributed by atoms with Gasteiger partial charge in [-0.05, 0) is 35.6 Å². The number of rotatable bonds is 12. The monoisotopic (exact) mass is 669 g/mol. The molecule has 7 nitrogen and oxygen atoms in total. The van der Waals surface area contributed by atoms with Gasteiger partial charge < -0.3 is 19.8 Å². The zero-order valence-electron chi connectivity index (χ0n) is 26.5. The molecule has 47 heavy (non-hydrogen) atoms. The number of fused-ring (bicyclic) bond motifs is 1. The summed E-state index contributed by atoms with van der Waals surface area (Å²) in [6.45, 7) is 10.4. The Hall–Kier alpha value is -3.85. The Balaban J connectivity index is 1.48. The van der Waals surface area contributed by atoms with Crippen LogP contribution >= 0.6 is 23.4 Å². The number of aliphatic hydroxyl groups is 1. The molecule has 0 aromatic heterocycles. The van der Waals surface area contributed by atoms with Crippen LogP contribution in [0.15, 0.2) is 110 Å². The van der Waals surface area contributed by atoms with Crippen molar-refractivity contribution in [1.29, 1.82) is 0 Å². The molecule has 7 atom stereocenters. The molecule has 3 heterocycles. The maximum atomic E-state index is 15.1. The quantitative estimate of drug-likeness (QED) is 0.234. The van der Waals surface area contributed by atoms with E-state index in [9.17, 15) is 9.90 Å². The molecule has 3 aromatic rings. The number of thioether (sulfide) groups is 1. The number of aliphatic hydroxyl groups excluding tert-OH is 1. The van der Waals surface area contributed by atoms with Crippen LogP contribution in [0.3, 0.4) is 0 Å². The van der Waals surface area contributed by atoms with Gasteiger partial charge >= 0.3 is 0 Å². The molecular weight excluding hydrogens is 630 g/mol. The number of anilines is 1. The second kappa shape index (κ2) is 13.7. The molecular formula is C38H40ClN3O4S. The van der Waals surface area contributed by atoms with Gasteiger partial charge in [0.1, 0.15) is 6.04 Å². The SMILES string of the molecule is C=CCN(Cc1ccccc1)C(=O)[C@@H]1[C@H]2C(=O)N([C@H](CO)c3ccccc3)C(C(=O)N(CC=C)c3ccccc3Cl)C23S[C@@H]1CC3C. The first kappa shape index (κ1) is 33.1. The van der Waals surface area contributed by atoms with Gasteiger partial charge in [-0.15, -0.1) is 24.9 Å². The second-order valence-electron chi connectivity index (χ2n) is 12.6. The molecule has 3 aliphatic heterocycles. The standard InChI is InChI=1S/C38H40ClN3O4S/c1-4-20-40(23-26-14-8-6-9-15-26)35(44)32-31-22-25(3)38(47-31)33(32)36(45)42(30(24-43)27-16-10-7-11-17-27)34(38)37(46)41(21-5-2)29-19-13-12-18-28(29)39/h4-19,25,30-34,43H,1-2,20-24H2,3H3/t25?,30-,31-,32+,33+,34?,38?/m1/s1. The first-order chi connectivity index (χ1) is 22.8. The average Bonchev–Trinajstić information content (AvgIpc) is 3.68. The largest absolute Gasteiger partial charge is 0.394 e. The molecule has 0 saturated carbocycles. The molecule has 0 aliphatic carbocycles. The van der Waals surface area contributed by atoms with E-state index >= 15 is 9.59 Å². The van der Waals surface area contributed by atoms with Gasteiger partial charge in [0, 0.05) is 24.9 Å². The second-order valence-corrected chi connectivity index (χ2v) is 14.5. The Morgan fingerprint density at radius 3 is 2.28 bits per heavy atom. The van der Waals surface area contributed by atoms with E-state index in [0.29, 0.717) is 30.2 Å². The number of carbonyl (C=O) groups excluding carboxylic acids is 3. The van der Waals surface area contributed by atoms with Crippen LogP contribution in [0, 0.1) is 17.8 Å². The summed E-state index contributed by atoms with van der Waals surface area (Å²) < 4.78 is -0.894. The molecule has 3 fully saturated rings. The Morgan fingerprint density at radius 2 is 1.64 bits per heavy atom. The van der Waals surface area contributed by atoms with Crippen molar-refractivity contribution in [3.05, 3.63) is 126 Å². The normalized spacial score (nSPS) is 26.5. The van der Waals surface area contributed by atoms with E-state index in [-0.39, 0.29) is 42.0 Å². The van der Waals surface area contributed by atoms with Gasteiger partial charge in [-0.3, -0.25) is 14.4 Å². The molecule has 3 saturated heterocycles. The number of amides is 3. The number of benzene rings is 3. The Kier molecular flexibility index (Phi) is 9.65. The van der Waals surface area contributed by atoms with Crippen molar-refractivity contribution < 1.29 is 19.5 Å². The smallest absolute Gasteiger partial charge is 0.251 e. The van der Waals surface area contributed by atoms with Crippen LogP contribution < -0.4 is 4.90 Å². The fourth-order valence-electron chi connectivity index (χ4n) is 8.04. The van der Waals surface area contributed by atoms with Gasteiger partial charge in [-0.2, -0.15) is 0 Å². The minimum atomic E-state index is -0.960. The van der Waals surface area contributed by atoms with E-state index in [1.54, 1.807) is 56.8 Å². The van der Waals surface area contributed by atoms with Crippen molar-refractivity contribution in [2.24, 2.45) is 17.8 Å². The number of halogens is 1. The Morgan fingerprint density at radius 1 is 1.00 bits per heavy atom. The Bertz CT molecular complexity index is 1650. The van der Waals surface area contributed by atoms with Crippen LogP contribution in [-0.4, -0.2) is 68.4 Å². The van der Waals surface area contributed by atoms with Gasteiger partial charge in [0.15, 0.2) is 0 Å². The molecule has 3 unspecified atom stereocenters. The molecule has 1 N–H and O–H groups in total. The molecule has 0 radical (unpaired) electrons. The highest BCUT2D eigenvalue weighted by Crippen LogP contribution is 2.69. The molecule has 1 spiro atoms. The van der Waals surface area contributed by atoms with Crippen molar-refractivity contribution >= 4 is 46.8 Å². The maximum Gasteiger partial charge on any atom is 0.251 e. The molecule has 6 rings (SSSR count). The van der Waals surface area contributed by atoms with Crippen LogP contribution in [0.4, 0.5) is 5.69 Å². The van der Waals surface area contributed by atoms with Crippen LogP contribution in [0.25, 0.3) is 0 Å². The average molecular weight is 670 g/mol. The first-order valence-corrected chi connectivity index (χ1v) is 17.3. The fourth-order valence-corrected chi connectivity index (χ4v) is 10.7. The lowest BCUT2D eigenvalue weighted by molar-refractivity contribution is -0.146. The summed E-state index contributed by atoms with van der Waals surface area (Å²) in [5.74, 6) is -2.12. The predicted molar refractivity (Wildman–Crippen MR) is 188 cm³/mol. The fraction of sp³-hybridized carbons (Fsp3) is 0.342. The molecule has 2 bridgehead atoms. The minimum absolute atomic E-state index is 0.0524. The van der Waals surface area contributed by atoms with Gasteiger partial charge in [0.05, 0.1) is 39.9 Å². The van der Waals surface area contributed by atoms with Gasteiger partial charge in [-0.25, -0.2) is 0 Å². The number of hydrogen-bond acceptors (Lipinski definition) is 5. The number of para-hydroxylation sites is 1. The topological polar surface area (TPSA) is 81.2 Å². The van der Waals surface area contributed by atoms with Gasteiger partial charge in [0.25, 0.3) is 5.91 Å². The molecule has 244 valence electrons. The summed E-state index contributed by atoms with van der Waals surface area (Å²) in [6, 6.07) is 24.5. The third-order valence-corrected chi connectivity index (χ3v) is 12.4. The third-order valence-electron chi connectivity index (χ3n) is 9.99. The highest BCUT2D eigenvalue weighted by Gasteiger charge is 2.77. The van der Waals surface area contributed by atoms with Gasteiger partial charge in [-0.1, -0.05) is 103 Å². The van der Waals surface area contributed by atoms with E-state index < -0.39 is 28.7 Å². The van der Waals surface area contributed by atoms with Crippen molar-refractivity contribution in [2.45, 2.75) is 42.0 Å². The molecule has 3 amide bonds. The van der Waals surface area contributed by atoms with Crippen molar-refractivity contribution in [3.8, 4) is 0 Å². The predicted octanol–water partition coefficient (Wildman–Crippen LogP) is 6.14. The molecule has 9 heteroatoms. The van der Waals surface area contributed by atoms with Crippen molar-refractivity contribution in [2.75, 3.05) is 24.6 Å². The third kappa shape index (κ3) is 5.60. The number of nitrogens with zero attached hydrogens (tertiary/aromatic N) is 3. The van der Waals surface area contributed by atoms with Crippen LogP contribution in [0.2, 0.25) is 5.02 Å². The number of carbonyl (C=O) groups is 3. The van der Waals surface area contributed by atoms with E-state index in [0.717, 1.165) is 11.1 Å². The summed E-state index contributed by atoms with van der Waals surface area (Å²) in [6.07, 6.45) is 4.05. The van der Waals surface area contributed by atoms with E-state index in [1.165, 1.54) is 0 Å². The van der Waals surface area contributed by atoms with Crippen molar-refractivity contribution in [1.82, 2.24) is 9.80 Å². The molecule has 3 aliphatic rings. The summed E-state index contributed by atoms with van der Waals surface area (Å²) in [4.78, 5) is 49.8. The highest BCUT2D eigenvalue weighted by molar-refractivity contribution is 8.02. The van der Waals surface area contributed by atoms with Crippen LogP contribution in [0.5, 0.6) is 0 Å². The van der Waals surface area contributed by atoms with E-state index in [4.69, 9.17) is 11.6 Å². The first-order valence-electron chi connectivity index (χ1n) is 16.0. The summed E-state index contributed by atoms with van der Waals surface area (Å²) in [7, 11) is 0. The lowest BCUT2D eigenvalue weighted by Crippen LogP contribution is -2.58. The molecule has 3 aromatic carbocycles. The zero-order chi connectivity index (χ0) is 33.3. The van der Waals surface area contributed by atoms with Crippen LogP contribution in [0.1, 0.15) is 30.5 Å². The number of hydrogen-bond donors (Lipinski definition) is 1. The number of likely N-dealkylation sites (tertiary alicyclic amines) is 1. The van der Waals surface area contributed by atoms with Crippen LogP contribution in [-0.2, 0) is 20.9 Å². The lowest BCUT2D eigenvalue weighted by atomic mass is 9.65. The van der Waals surface area contributed by atoms with Crippen molar-refractivity contribution in [3.63, 3.8) is 0 Å². The maximum absolute atomic E-state index is 15.1. The minimum Gasteiger partial charge on any atom is -0.394 e. The Labute approximate surface area is 285 Å². The van der Waals surface area contributed by atoms with E-state index in [1.807, 2.05) is 66.7 Å². The summed E-state index contributed by atoms with van der Waals surface area (Å²) in [5, 5.41) is 11.2. The van der Waals surface area contributed by atoms with Gasteiger partial charge in [0.2, 0.25) is 11.8 Å². The lowest BCUT2D eigenvalue weighted by Gasteiger charge is -2.42.